The van der Waals surface area contributed by atoms with Gasteiger partial charge in [-0.1, -0.05) is 19.3 Å². The van der Waals surface area contributed by atoms with E-state index in [0.717, 1.165) is 38.5 Å². The Balaban J connectivity index is 1.79. The van der Waals surface area contributed by atoms with Crippen LogP contribution >= 0.6 is 0 Å². The molecule has 0 heterocycles. The molecule has 0 aromatic heterocycles. The highest BCUT2D eigenvalue weighted by Crippen LogP contribution is 2.27. The molecule has 0 aliphatic heterocycles. The lowest BCUT2D eigenvalue weighted by molar-refractivity contribution is -0.129. The van der Waals surface area contributed by atoms with Crippen molar-refractivity contribution in [1.29, 1.82) is 0 Å². The van der Waals surface area contributed by atoms with E-state index in [9.17, 15) is 9.90 Å². The van der Waals surface area contributed by atoms with E-state index < -0.39 is 0 Å². The van der Waals surface area contributed by atoms with E-state index in [-0.39, 0.29) is 24.0 Å². The molecule has 3 nitrogen and oxygen atoms in total. The van der Waals surface area contributed by atoms with Gasteiger partial charge in [-0.3, -0.25) is 4.79 Å². The molecule has 2 rings (SSSR count). The van der Waals surface area contributed by atoms with E-state index in [1.54, 1.807) is 0 Å². The number of carbonyl (C=O) groups is 1. The zero-order chi connectivity index (χ0) is 9.97. The number of hydrogen-bond acceptors (Lipinski definition) is 2. The molecule has 0 bridgehead atoms. The summed E-state index contributed by atoms with van der Waals surface area (Å²) in [6.45, 7) is 0. The molecule has 0 radical (unpaired) electrons. The first-order valence-electron chi connectivity index (χ1n) is 5.76. The molecule has 0 aromatic rings. The quantitative estimate of drug-likeness (QED) is 0.699. The van der Waals surface area contributed by atoms with Gasteiger partial charge in [-0.05, 0) is 25.7 Å². The Morgan fingerprint density at radius 2 is 1.79 bits per heavy atom. The van der Waals surface area contributed by atoms with Gasteiger partial charge in [-0.15, -0.1) is 0 Å². The van der Waals surface area contributed by atoms with Crippen LogP contribution in [0.2, 0.25) is 0 Å². The van der Waals surface area contributed by atoms with E-state index >= 15 is 0 Å². The highest BCUT2D eigenvalue weighted by atomic mass is 16.3. The summed E-state index contributed by atoms with van der Waals surface area (Å²) in [5, 5.41) is 12.7. The van der Waals surface area contributed by atoms with Crippen LogP contribution in [0.15, 0.2) is 0 Å². The first-order valence-corrected chi connectivity index (χ1v) is 5.76. The van der Waals surface area contributed by atoms with Crippen LogP contribution in [0.1, 0.15) is 44.9 Å². The molecule has 2 atom stereocenters. The van der Waals surface area contributed by atoms with E-state index in [1.165, 1.54) is 6.42 Å². The second-order valence-electron chi connectivity index (χ2n) is 4.59. The lowest BCUT2D eigenvalue weighted by atomic mass is 9.84. The van der Waals surface area contributed by atoms with E-state index in [4.69, 9.17) is 0 Å². The summed E-state index contributed by atoms with van der Waals surface area (Å²) < 4.78 is 0. The minimum atomic E-state index is -0.312. The highest BCUT2D eigenvalue weighted by molar-refractivity contribution is 5.79. The van der Waals surface area contributed by atoms with Crippen LogP contribution < -0.4 is 5.32 Å². The third-order valence-corrected chi connectivity index (χ3v) is 3.53. The third kappa shape index (κ3) is 2.08. The molecule has 0 saturated heterocycles. The topological polar surface area (TPSA) is 49.3 Å². The minimum absolute atomic E-state index is 0.0249. The Hall–Kier alpha value is -0.570. The van der Waals surface area contributed by atoms with Crippen LogP contribution in [-0.4, -0.2) is 23.2 Å². The number of rotatable bonds is 2. The summed E-state index contributed by atoms with van der Waals surface area (Å²) in [7, 11) is 0. The molecule has 1 amide bonds. The number of hydrogen-bond donors (Lipinski definition) is 2. The van der Waals surface area contributed by atoms with Gasteiger partial charge in [0.05, 0.1) is 12.1 Å². The van der Waals surface area contributed by atoms with Crippen LogP contribution in [0.3, 0.4) is 0 Å². The second-order valence-corrected chi connectivity index (χ2v) is 4.59. The van der Waals surface area contributed by atoms with Gasteiger partial charge in [-0.25, -0.2) is 0 Å². The van der Waals surface area contributed by atoms with Gasteiger partial charge in [0.25, 0.3) is 0 Å². The zero-order valence-corrected chi connectivity index (χ0v) is 8.54. The van der Waals surface area contributed by atoms with Crippen molar-refractivity contribution in [3.05, 3.63) is 0 Å². The van der Waals surface area contributed by atoms with Gasteiger partial charge in [-0.2, -0.15) is 0 Å². The monoisotopic (exact) mass is 197 g/mol. The first kappa shape index (κ1) is 9.97. The molecule has 0 spiro atoms. The maximum absolute atomic E-state index is 11.6. The highest BCUT2D eigenvalue weighted by Gasteiger charge is 2.30. The fraction of sp³-hybridized carbons (Fsp3) is 0.909. The molecule has 14 heavy (non-hydrogen) atoms. The molecular formula is C11H19NO2. The first-order chi connectivity index (χ1) is 6.77. The lowest BCUT2D eigenvalue weighted by Gasteiger charge is -2.32. The summed E-state index contributed by atoms with van der Waals surface area (Å²) in [5.41, 5.74) is 0. The van der Waals surface area contributed by atoms with Gasteiger partial charge in [0.15, 0.2) is 0 Å². The summed E-state index contributed by atoms with van der Waals surface area (Å²) >= 11 is 0. The average molecular weight is 197 g/mol. The summed E-state index contributed by atoms with van der Waals surface area (Å²) in [5.74, 6) is 0.409. The summed E-state index contributed by atoms with van der Waals surface area (Å²) in [4.78, 5) is 11.6. The Bertz CT molecular complexity index is 213. The maximum Gasteiger partial charge on any atom is 0.223 e. The summed E-state index contributed by atoms with van der Waals surface area (Å²) in [6, 6.07) is 0.0249. The Morgan fingerprint density at radius 3 is 2.36 bits per heavy atom. The molecule has 2 aliphatic carbocycles. The zero-order valence-electron chi connectivity index (χ0n) is 8.54. The van der Waals surface area contributed by atoms with Gasteiger partial charge in [0, 0.05) is 5.92 Å². The van der Waals surface area contributed by atoms with E-state index in [2.05, 4.69) is 5.32 Å². The van der Waals surface area contributed by atoms with Gasteiger partial charge >= 0.3 is 0 Å². The third-order valence-electron chi connectivity index (χ3n) is 3.53. The molecule has 3 heteroatoms. The molecule has 2 aliphatic rings. The molecule has 2 unspecified atom stereocenters. The van der Waals surface area contributed by atoms with Crippen molar-refractivity contribution >= 4 is 5.91 Å². The summed E-state index contributed by atoms with van der Waals surface area (Å²) in [6.07, 6.45) is 6.96. The lowest BCUT2D eigenvalue weighted by Crippen LogP contribution is -2.48. The van der Waals surface area contributed by atoms with Crippen molar-refractivity contribution in [2.24, 2.45) is 5.92 Å². The smallest absolute Gasteiger partial charge is 0.223 e. The minimum Gasteiger partial charge on any atom is -0.391 e. The number of aliphatic hydroxyl groups is 1. The Labute approximate surface area is 84.9 Å². The number of amides is 1. The van der Waals surface area contributed by atoms with Crippen LogP contribution in [0, 0.1) is 5.92 Å². The molecule has 0 aromatic carbocycles. The normalized spacial score (nSPS) is 33.5. The van der Waals surface area contributed by atoms with Gasteiger partial charge in [0.1, 0.15) is 0 Å². The number of aliphatic hydroxyl groups excluding tert-OH is 1. The molecular weight excluding hydrogens is 178 g/mol. The van der Waals surface area contributed by atoms with Crippen molar-refractivity contribution < 1.29 is 9.90 Å². The molecule has 2 N–H and O–H groups in total. The van der Waals surface area contributed by atoms with Gasteiger partial charge in [0.2, 0.25) is 5.91 Å². The van der Waals surface area contributed by atoms with Crippen LogP contribution in [0.25, 0.3) is 0 Å². The van der Waals surface area contributed by atoms with Crippen molar-refractivity contribution in [1.82, 2.24) is 5.32 Å². The predicted molar refractivity (Wildman–Crippen MR) is 53.7 cm³/mol. The standard InChI is InChI=1S/C11H19NO2/c13-10-7-2-1-6-9(10)12-11(14)8-4-3-5-8/h8-10,13H,1-7H2,(H,12,14). The van der Waals surface area contributed by atoms with Gasteiger partial charge < -0.3 is 10.4 Å². The van der Waals surface area contributed by atoms with E-state index in [0.29, 0.717) is 0 Å². The van der Waals surface area contributed by atoms with Crippen LogP contribution in [0.4, 0.5) is 0 Å². The molecule has 2 saturated carbocycles. The van der Waals surface area contributed by atoms with Crippen molar-refractivity contribution in [3.8, 4) is 0 Å². The SMILES string of the molecule is O=C(NC1CCCCC1O)C1CCC1. The predicted octanol–water partition coefficient (Wildman–Crippen LogP) is 1.21. The van der Waals surface area contributed by atoms with Crippen molar-refractivity contribution in [3.63, 3.8) is 0 Å². The van der Waals surface area contributed by atoms with Crippen LogP contribution in [-0.2, 0) is 4.79 Å². The van der Waals surface area contributed by atoms with Crippen molar-refractivity contribution in [2.45, 2.75) is 57.1 Å². The number of carbonyl (C=O) groups excluding carboxylic acids is 1. The fourth-order valence-corrected chi connectivity index (χ4v) is 2.25. The van der Waals surface area contributed by atoms with Crippen LogP contribution in [0.5, 0.6) is 0 Å². The Kier molecular flexibility index (Phi) is 3.06. The largest absolute Gasteiger partial charge is 0.391 e. The maximum atomic E-state index is 11.6. The fourth-order valence-electron chi connectivity index (χ4n) is 2.25. The molecule has 80 valence electrons. The van der Waals surface area contributed by atoms with Crippen molar-refractivity contribution in [2.75, 3.05) is 0 Å². The van der Waals surface area contributed by atoms with E-state index in [1.807, 2.05) is 0 Å². The number of nitrogens with one attached hydrogen (secondary N) is 1. The Morgan fingerprint density at radius 1 is 1.07 bits per heavy atom. The molecule has 2 fully saturated rings. The second kappa shape index (κ2) is 4.30. The average Bonchev–Trinajstić information content (AvgIpc) is 2.05.